The first-order valence-electron chi connectivity index (χ1n) is 7.78. The third-order valence-corrected chi connectivity index (χ3v) is 5.03. The molecule has 1 amide bonds. The van der Waals surface area contributed by atoms with E-state index in [0.29, 0.717) is 26.1 Å². The van der Waals surface area contributed by atoms with Crippen molar-refractivity contribution < 1.29 is 18.4 Å². The van der Waals surface area contributed by atoms with E-state index in [1.165, 1.54) is 25.5 Å². The van der Waals surface area contributed by atoms with Crippen LogP contribution in [-0.4, -0.2) is 23.2 Å². The summed E-state index contributed by atoms with van der Waals surface area (Å²) < 4.78 is 25.5. The molecule has 1 unspecified atom stereocenters. The molecule has 0 saturated heterocycles. The highest BCUT2D eigenvalue weighted by molar-refractivity contribution is 9.11. The second kappa shape index (κ2) is 8.18. The lowest BCUT2D eigenvalue weighted by Crippen LogP contribution is -2.31. The van der Waals surface area contributed by atoms with Crippen LogP contribution in [-0.2, 0) is 0 Å². The van der Waals surface area contributed by atoms with Gasteiger partial charge < -0.3 is 14.6 Å². The minimum atomic E-state index is -0.859. The van der Waals surface area contributed by atoms with Crippen molar-refractivity contribution in [3.63, 3.8) is 0 Å². The number of halogens is 3. The van der Waals surface area contributed by atoms with E-state index in [0.717, 1.165) is 5.69 Å². The van der Waals surface area contributed by atoms with Gasteiger partial charge in [-0.25, -0.2) is 9.37 Å². The summed E-state index contributed by atoms with van der Waals surface area (Å²) in [5.41, 5.74) is 1.62. The predicted molar refractivity (Wildman–Crippen MR) is 103 cm³/mol. The van der Waals surface area contributed by atoms with E-state index in [-0.39, 0.29) is 5.56 Å². The van der Waals surface area contributed by atoms with Crippen LogP contribution in [0.25, 0.3) is 0 Å². The Bertz CT molecular complexity index is 957. The molecule has 0 aliphatic heterocycles. The topological polar surface area (TPSA) is 77.2 Å². The average molecular weight is 499 g/mol. The Hall–Kier alpha value is -2.26. The molecule has 3 rings (SSSR count). The summed E-state index contributed by atoms with van der Waals surface area (Å²) in [4.78, 5) is 17.1. The van der Waals surface area contributed by atoms with Gasteiger partial charge >= 0.3 is 0 Å². The molecule has 27 heavy (non-hydrogen) atoms. The van der Waals surface area contributed by atoms with E-state index in [1.54, 1.807) is 18.2 Å². The van der Waals surface area contributed by atoms with E-state index in [2.05, 4.69) is 47.3 Å². The zero-order chi connectivity index (χ0) is 19.6. The lowest BCUT2D eigenvalue weighted by molar-refractivity contribution is 0.0939. The second-order valence-electron chi connectivity index (χ2n) is 5.63. The van der Waals surface area contributed by atoms with Crippen molar-refractivity contribution in [1.29, 1.82) is 0 Å². The number of hydrogen-bond donors (Lipinski definition) is 1. The number of nitrogens with one attached hydrogen (secondary N) is 1. The number of hydrogen-bond acceptors (Lipinski definition) is 5. The van der Waals surface area contributed by atoms with Crippen LogP contribution < -0.4 is 10.1 Å². The Kier molecular flexibility index (Phi) is 5.91. The van der Waals surface area contributed by atoms with Crippen LogP contribution in [0, 0.1) is 12.7 Å². The highest BCUT2D eigenvalue weighted by Crippen LogP contribution is 2.29. The van der Waals surface area contributed by atoms with Crippen LogP contribution in [0.2, 0.25) is 0 Å². The molecule has 2 heterocycles. The van der Waals surface area contributed by atoms with Crippen molar-refractivity contribution in [2.75, 3.05) is 7.11 Å². The zero-order valence-corrected chi connectivity index (χ0v) is 17.5. The molecule has 1 atom stereocenters. The summed E-state index contributed by atoms with van der Waals surface area (Å²) in [6.45, 7) is 1.81. The number of benzene rings is 1. The molecule has 9 heteroatoms. The summed E-state index contributed by atoms with van der Waals surface area (Å²) in [6, 6.07) is 6.81. The van der Waals surface area contributed by atoms with E-state index in [1.807, 2.05) is 6.92 Å². The number of ether oxygens (including phenoxy) is 1. The maximum absolute atomic E-state index is 14.6. The van der Waals surface area contributed by atoms with Gasteiger partial charge in [-0.05, 0) is 57.0 Å². The van der Waals surface area contributed by atoms with Crippen LogP contribution in [0.5, 0.6) is 5.75 Å². The third kappa shape index (κ3) is 4.19. The van der Waals surface area contributed by atoms with Gasteiger partial charge in [-0.3, -0.25) is 4.79 Å². The molecule has 0 fully saturated rings. The summed E-state index contributed by atoms with van der Waals surface area (Å²) in [6.07, 6.45) is 1.36. The highest BCUT2D eigenvalue weighted by Gasteiger charge is 2.26. The molecule has 0 radical (unpaired) electrons. The molecule has 3 aromatic rings. The minimum Gasteiger partial charge on any atom is -0.497 e. The molecule has 0 spiro atoms. The first-order valence-corrected chi connectivity index (χ1v) is 9.36. The summed E-state index contributed by atoms with van der Waals surface area (Å²) in [7, 11) is 1.45. The number of carbonyl (C=O) groups is 1. The Morgan fingerprint density at radius 3 is 2.67 bits per heavy atom. The molecular formula is C18H14Br2FN3O3. The second-order valence-corrected chi connectivity index (χ2v) is 7.23. The van der Waals surface area contributed by atoms with Gasteiger partial charge in [-0.15, -0.1) is 0 Å². The number of rotatable bonds is 5. The summed E-state index contributed by atoms with van der Waals surface area (Å²) in [5.74, 6) is -0.623. The smallest absolute Gasteiger partial charge is 0.255 e. The van der Waals surface area contributed by atoms with Crippen LogP contribution in [0.1, 0.15) is 33.4 Å². The highest BCUT2D eigenvalue weighted by atomic mass is 79.9. The molecule has 0 saturated carbocycles. The molecule has 0 aliphatic carbocycles. The Labute approximate surface area is 171 Å². The lowest BCUT2D eigenvalue weighted by Gasteiger charge is -2.19. The monoisotopic (exact) mass is 497 g/mol. The largest absolute Gasteiger partial charge is 0.497 e. The zero-order valence-electron chi connectivity index (χ0n) is 14.3. The number of nitrogens with zero attached hydrogens (tertiary/aromatic N) is 2. The fourth-order valence-corrected chi connectivity index (χ4v) is 4.19. The standard InChI is InChI=1S/C18H14Br2FN3O3/c1-9-7-12(19)15(17(20)22-9)18(25)23-16(14-5-6-27-24-14)11-4-3-10(26-2)8-13(11)21/h3-8,16H,1-2H3,(H,23,25). The Morgan fingerprint density at radius 1 is 1.30 bits per heavy atom. The SMILES string of the molecule is COc1ccc(C(NC(=O)c2c(Br)cc(C)nc2Br)c2ccon2)c(F)c1. The van der Waals surface area contributed by atoms with Crippen molar-refractivity contribution in [2.24, 2.45) is 0 Å². The van der Waals surface area contributed by atoms with Crippen molar-refractivity contribution in [3.8, 4) is 5.75 Å². The van der Waals surface area contributed by atoms with Crippen LogP contribution in [0.15, 0.2) is 50.2 Å². The van der Waals surface area contributed by atoms with E-state index in [9.17, 15) is 9.18 Å². The van der Waals surface area contributed by atoms with Crippen molar-refractivity contribution in [3.05, 3.63) is 74.0 Å². The summed E-state index contributed by atoms with van der Waals surface area (Å²) >= 11 is 6.67. The van der Waals surface area contributed by atoms with Gasteiger partial charge in [0, 0.05) is 27.9 Å². The first kappa shape index (κ1) is 19.5. The first-order chi connectivity index (χ1) is 12.9. The number of aryl methyl sites for hydroxylation is 1. The third-order valence-electron chi connectivity index (χ3n) is 3.83. The van der Waals surface area contributed by atoms with Crippen LogP contribution in [0.3, 0.4) is 0 Å². The molecule has 6 nitrogen and oxygen atoms in total. The fourth-order valence-electron chi connectivity index (χ4n) is 2.55. The van der Waals surface area contributed by atoms with Gasteiger partial charge in [-0.2, -0.15) is 0 Å². The van der Waals surface area contributed by atoms with Crippen molar-refractivity contribution in [1.82, 2.24) is 15.5 Å². The van der Waals surface area contributed by atoms with E-state index < -0.39 is 17.8 Å². The Balaban J connectivity index is 2.00. The van der Waals surface area contributed by atoms with E-state index in [4.69, 9.17) is 9.26 Å². The number of amides is 1. The number of carbonyl (C=O) groups excluding carboxylic acids is 1. The summed E-state index contributed by atoms with van der Waals surface area (Å²) in [5, 5.41) is 6.64. The molecule has 1 N–H and O–H groups in total. The number of methoxy groups -OCH3 is 1. The van der Waals surface area contributed by atoms with E-state index >= 15 is 0 Å². The molecule has 1 aromatic carbocycles. The van der Waals surface area contributed by atoms with Crippen molar-refractivity contribution >= 4 is 37.8 Å². The van der Waals surface area contributed by atoms with Gasteiger partial charge in [-0.1, -0.05) is 5.16 Å². The van der Waals surface area contributed by atoms with Gasteiger partial charge in [0.25, 0.3) is 5.91 Å². The number of aromatic nitrogens is 2. The minimum absolute atomic E-state index is 0.227. The van der Waals surface area contributed by atoms with Gasteiger partial charge in [0.15, 0.2) is 0 Å². The maximum atomic E-state index is 14.6. The number of pyridine rings is 1. The lowest BCUT2D eigenvalue weighted by atomic mass is 10.0. The van der Waals surface area contributed by atoms with Crippen molar-refractivity contribution in [2.45, 2.75) is 13.0 Å². The van der Waals surface area contributed by atoms with Gasteiger partial charge in [0.05, 0.1) is 12.7 Å². The fraction of sp³-hybridized carbons (Fsp3) is 0.167. The van der Waals surface area contributed by atoms with Crippen LogP contribution in [0.4, 0.5) is 4.39 Å². The predicted octanol–water partition coefficient (Wildman–Crippen LogP) is 4.57. The maximum Gasteiger partial charge on any atom is 0.255 e. The molecule has 0 aliphatic rings. The van der Waals surface area contributed by atoms with Gasteiger partial charge in [0.1, 0.15) is 34.2 Å². The molecule has 0 bridgehead atoms. The molecular weight excluding hydrogens is 485 g/mol. The average Bonchev–Trinajstić information content (AvgIpc) is 3.13. The van der Waals surface area contributed by atoms with Crippen LogP contribution >= 0.6 is 31.9 Å². The quantitative estimate of drug-likeness (QED) is 0.521. The molecule has 2 aromatic heterocycles. The normalized spacial score (nSPS) is 11.9. The van der Waals surface area contributed by atoms with Gasteiger partial charge in [0.2, 0.25) is 0 Å². The Morgan fingerprint density at radius 2 is 2.07 bits per heavy atom. The molecule has 140 valence electrons.